The Morgan fingerprint density at radius 1 is 1.36 bits per heavy atom. The average Bonchev–Trinajstić information content (AvgIpc) is 2.05. The molecule has 0 radical (unpaired) electrons. The highest BCUT2D eigenvalue weighted by Gasteiger charge is 2.01. The number of nitrogen functional groups attached to an aromatic ring is 1. The molecule has 1 aromatic carbocycles. The maximum Gasteiger partial charge on any atom is 0.219 e. The number of hydrogen-bond donors (Lipinski definition) is 1. The molecule has 11 heavy (non-hydrogen) atoms. The lowest BCUT2D eigenvalue weighted by atomic mass is 10.2. The summed E-state index contributed by atoms with van der Waals surface area (Å²) in [5.41, 5.74) is 6.83. The van der Waals surface area contributed by atoms with Crippen LogP contribution in [-0.4, -0.2) is 11.4 Å². The molecule has 1 rings (SSSR count). The van der Waals surface area contributed by atoms with Crippen LogP contribution in [0.4, 0.5) is 5.69 Å². The first kappa shape index (κ1) is 8.14. The van der Waals surface area contributed by atoms with Gasteiger partial charge in [0.05, 0.1) is 0 Å². The predicted molar refractivity (Wildman–Crippen MR) is 48.7 cm³/mol. The van der Waals surface area contributed by atoms with Gasteiger partial charge in [-0.3, -0.25) is 4.79 Å². The molecule has 0 atom stereocenters. The van der Waals surface area contributed by atoms with E-state index in [-0.39, 0.29) is 5.12 Å². The maximum absolute atomic E-state index is 11.0. The van der Waals surface area contributed by atoms with Crippen molar-refractivity contribution in [1.29, 1.82) is 0 Å². The van der Waals surface area contributed by atoms with Gasteiger partial charge >= 0.3 is 0 Å². The summed E-state index contributed by atoms with van der Waals surface area (Å²) in [6.07, 6.45) is 1.76. The summed E-state index contributed by atoms with van der Waals surface area (Å²) in [5.74, 6) is 0. The van der Waals surface area contributed by atoms with Gasteiger partial charge < -0.3 is 5.73 Å². The van der Waals surface area contributed by atoms with Gasteiger partial charge in [0, 0.05) is 11.3 Å². The summed E-state index contributed by atoms with van der Waals surface area (Å²) in [5, 5.41) is 0.0741. The highest BCUT2D eigenvalue weighted by molar-refractivity contribution is 8.13. The van der Waals surface area contributed by atoms with E-state index < -0.39 is 0 Å². The Kier molecular flexibility index (Phi) is 2.54. The number of carbonyl (C=O) groups is 1. The molecule has 0 bridgehead atoms. The van der Waals surface area contributed by atoms with Crippen LogP contribution in [0.3, 0.4) is 0 Å². The fraction of sp³-hybridized carbons (Fsp3) is 0.125. The molecule has 0 unspecified atom stereocenters. The summed E-state index contributed by atoms with van der Waals surface area (Å²) in [6.45, 7) is 0. The zero-order valence-corrected chi connectivity index (χ0v) is 7.02. The van der Waals surface area contributed by atoms with Gasteiger partial charge in [0.1, 0.15) is 0 Å². The van der Waals surface area contributed by atoms with Crippen molar-refractivity contribution in [3.8, 4) is 0 Å². The number of benzene rings is 1. The fourth-order valence-electron chi connectivity index (χ4n) is 0.737. The summed E-state index contributed by atoms with van der Waals surface area (Å²) in [7, 11) is 0. The van der Waals surface area contributed by atoms with E-state index in [2.05, 4.69) is 0 Å². The Balaban J connectivity index is 2.90. The first-order valence-corrected chi connectivity index (χ1v) is 4.40. The van der Waals surface area contributed by atoms with Crippen LogP contribution in [0.15, 0.2) is 24.3 Å². The van der Waals surface area contributed by atoms with Gasteiger partial charge in [0.2, 0.25) is 5.12 Å². The quantitative estimate of drug-likeness (QED) is 0.648. The summed E-state index contributed by atoms with van der Waals surface area (Å²) >= 11 is 1.20. The van der Waals surface area contributed by atoms with Crippen molar-refractivity contribution in [1.82, 2.24) is 0 Å². The van der Waals surface area contributed by atoms with Gasteiger partial charge in [-0.2, -0.15) is 0 Å². The molecule has 2 nitrogen and oxygen atoms in total. The predicted octanol–water partition coefficient (Wildman–Crippen LogP) is 1.77. The van der Waals surface area contributed by atoms with Crippen molar-refractivity contribution < 1.29 is 4.79 Å². The second-order valence-corrected chi connectivity index (χ2v) is 2.89. The lowest BCUT2D eigenvalue weighted by molar-refractivity contribution is 0.108. The third-order valence-electron chi connectivity index (χ3n) is 1.33. The smallest absolute Gasteiger partial charge is 0.219 e. The van der Waals surface area contributed by atoms with E-state index >= 15 is 0 Å². The van der Waals surface area contributed by atoms with E-state index in [0.29, 0.717) is 11.3 Å². The van der Waals surface area contributed by atoms with Crippen LogP contribution in [0, 0.1) is 0 Å². The second-order valence-electron chi connectivity index (χ2n) is 2.11. The molecule has 1 aromatic rings. The average molecular weight is 167 g/mol. The highest BCUT2D eigenvalue weighted by atomic mass is 32.2. The minimum absolute atomic E-state index is 0.0741. The molecule has 0 fully saturated rings. The van der Waals surface area contributed by atoms with E-state index in [1.807, 2.05) is 0 Å². The Morgan fingerprint density at radius 2 is 1.91 bits per heavy atom. The van der Waals surface area contributed by atoms with E-state index in [0.717, 1.165) is 0 Å². The molecule has 0 aliphatic heterocycles. The van der Waals surface area contributed by atoms with Crippen LogP contribution < -0.4 is 5.73 Å². The van der Waals surface area contributed by atoms with Crippen LogP contribution in [0.5, 0.6) is 0 Å². The van der Waals surface area contributed by atoms with Crippen molar-refractivity contribution in [2.24, 2.45) is 0 Å². The molecular formula is C8H9NOS. The standard InChI is InChI=1S/C8H9NOS/c1-11-8(10)6-2-4-7(9)5-3-6/h2-5H,9H2,1H3. The Labute approximate surface area is 69.8 Å². The van der Waals surface area contributed by atoms with Gasteiger partial charge in [-0.25, -0.2) is 0 Å². The molecule has 0 saturated carbocycles. The van der Waals surface area contributed by atoms with Gasteiger partial charge in [-0.05, 0) is 30.5 Å². The normalized spacial score (nSPS) is 9.55. The Hall–Kier alpha value is -0.960. The van der Waals surface area contributed by atoms with E-state index in [9.17, 15) is 4.79 Å². The molecule has 0 heterocycles. The number of hydrogen-bond acceptors (Lipinski definition) is 3. The largest absolute Gasteiger partial charge is 0.399 e. The lowest BCUT2D eigenvalue weighted by Crippen LogP contribution is -1.92. The van der Waals surface area contributed by atoms with E-state index in [1.54, 1.807) is 30.5 Å². The zero-order chi connectivity index (χ0) is 8.27. The van der Waals surface area contributed by atoms with Gasteiger partial charge in [-0.1, -0.05) is 11.8 Å². The number of carbonyl (C=O) groups excluding carboxylic acids is 1. The van der Waals surface area contributed by atoms with E-state index in [4.69, 9.17) is 5.73 Å². The topological polar surface area (TPSA) is 43.1 Å². The summed E-state index contributed by atoms with van der Waals surface area (Å²) < 4.78 is 0. The maximum atomic E-state index is 11.0. The molecule has 0 spiro atoms. The second kappa shape index (κ2) is 3.44. The van der Waals surface area contributed by atoms with Crippen molar-refractivity contribution in [2.45, 2.75) is 0 Å². The molecular weight excluding hydrogens is 158 g/mol. The number of rotatable bonds is 1. The fourth-order valence-corrected chi connectivity index (χ4v) is 1.11. The minimum atomic E-state index is 0.0741. The SMILES string of the molecule is CSC(=O)c1ccc(N)cc1. The minimum Gasteiger partial charge on any atom is -0.399 e. The van der Waals surface area contributed by atoms with Crippen molar-refractivity contribution in [2.75, 3.05) is 12.0 Å². The Bertz CT molecular complexity index is 255. The molecule has 0 aliphatic rings. The number of anilines is 1. The van der Waals surface area contributed by atoms with Gasteiger partial charge in [0.25, 0.3) is 0 Å². The third-order valence-corrected chi connectivity index (χ3v) is 1.94. The van der Waals surface area contributed by atoms with Crippen LogP contribution in [0.1, 0.15) is 10.4 Å². The van der Waals surface area contributed by atoms with Crippen LogP contribution in [0.25, 0.3) is 0 Å². The lowest BCUT2D eigenvalue weighted by Gasteiger charge is -1.96. The first-order chi connectivity index (χ1) is 5.24. The van der Waals surface area contributed by atoms with Crippen LogP contribution >= 0.6 is 11.8 Å². The molecule has 0 aromatic heterocycles. The first-order valence-electron chi connectivity index (χ1n) is 3.18. The van der Waals surface area contributed by atoms with Gasteiger partial charge in [-0.15, -0.1) is 0 Å². The molecule has 0 saturated heterocycles. The number of nitrogens with two attached hydrogens (primary N) is 1. The van der Waals surface area contributed by atoms with E-state index in [1.165, 1.54) is 11.8 Å². The number of thioether (sulfide) groups is 1. The third kappa shape index (κ3) is 1.98. The highest BCUT2D eigenvalue weighted by Crippen LogP contribution is 2.11. The van der Waals surface area contributed by atoms with Gasteiger partial charge in [0.15, 0.2) is 0 Å². The molecule has 3 heteroatoms. The zero-order valence-electron chi connectivity index (χ0n) is 6.20. The molecule has 58 valence electrons. The molecule has 0 amide bonds. The molecule has 0 aliphatic carbocycles. The monoisotopic (exact) mass is 167 g/mol. The molecule has 2 N–H and O–H groups in total. The van der Waals surface area contributed by atoms with Crippen LogP contribution in [0.2, 0.25) is 0 Å². The summed E-state index contributed by atoms with van der Waals surface area (Å²) in [4.78, 5) is 11.0. The van der Waals surface area contributed by atoms with Crippen LogP contribution in [-0.2, 0) is 0 Å². The van der Waals surface area contributed by atoms with Crippen molar-refractivity contribution >= 4 is 22.6 Å². The van der Waals surface area contributed by atoms with Crippen molar-refractivity contribution in [3.63, 3.8) is 0 Å². The summed E-state index contributed by atoms with van der Waals surface area (Å²) in [6, 6.07) is 6.91. The Morgan fingerprint density at radius 3 is 2.36 bits per heavy atom. The van der Waals surface area contributed by atoms with Crippen molar-refractivity contribution in [3.05, 3.63) is 29.8 Å².